The first-order valence-electron chi connectivity index (χ1n) is 7.26. The summed E-state index contributed by atoms with van der Waals surface area (Å²) in [6.07, 6.45) is 0.443. The molecule has 0 atom stereocenters. The molecule has 1 aliphatic rings. The van der Waals surface area contributed by atoms with Crippen LogP contribution in [0.1, 0.15) is 22.8 Å². The molecule has 8 heteroatoms. The van der Waals surface area contributed by atoms with Crippen LogP contribution in [0.15, 0.2) is 22.8 Å². The number of carboxylic acid groups (broad SMARTS) is 1. The normalized spacial score (nSPS) is 14.3. The Bertz CT molecular complexity index is 689. The summed E-state index contributed by atoms with van der Waals surface area (Å²) in [6.45, 7) is 2.69. The van der Waals surface area contributed by atoms with E-state index in [0.717, 1.165) is 0 Å². The van der Waals surface area contributed by atoms with Crippen molar-refractivity contribution in [3.63, 3.8) is 0 Å². The second kappa shape index (κ2) is 8.41. The van der Waals surface area contributed by atoms with Crippen LogP contribution in [-0.4, -0.2) is 43.1 Å². The van der Waals surface area contributed by atoms with Crippen LogP contribution in [0.4, 0.5) is 5.69 Å². The molecule has 1 aliphatic heterocycles. The Balaban J connectivity index is 2.30. The van der Waals surface area contributed by atoms with Crippen LogP contribution < -0.4 is 5.32 Å². The number of methoxy groups -OCH3 is 1. The van der Waals surface area contributed by atoms with E-state index in [1.54, 1.807) is 20.1 Å². The summed E-state index contributed by atoms with van der Waals surface area (Å²) < 4.78 is 10.4. The molecule has 2 rings (SSSR count). The number of thioether (sulfide) groups is 1. The summed E-state index contributed by atoms with van der Waals surface area (Å²) in [5.74, 6) is -0.218. The van der Waals surface area contributed by atoms with Crippen molar-refractivity contribution in [2.45, 2.75) is 13.3 Å². The fraction of sp³-hybridized carbons (Fsp3) is 0.375. The van der Waals surface area contributed by atoms with Crippen LogP contribution in [0.5, 0.6) is 0 Å². The molecule has 0 radical (unpaired) electrons. The number of rotatable bonds is 6. The predicted octanol–water partition coefficient (Wildman–Crippen LogP) is 3.16. The molecule has 0 saturated heterocycles. The molecular weight excluding hydrogens is 354 g/mol. The zero-order valence-corrected chi connectivity index (χ0v) is 14.9. The highest BCUT2D eigenvalue weighted by Gasteiger charge is 2.21. The third-order valence-electron chi connectivity index (χ3n) is 3.39. The maximum Gasteiger partial charge on any atom is 0.337 e. The number of allylic oxidation sites excluding steroid dienone is 1. The molecule has 0 aliphatic carbocycles. The van der Waals surface area contributed by atoms with Gasteiger partial charge in [0, 0.05) is 18.6 Å². The van der Waals surface area contributed by atoms with Crippen molar-refractivity contribution in [1.29, 1.82) is 0 Å². The molecule has 0 spiro atoms. The van der Waals surface area contributed by atoms with Crippen LogP contribution in [0, 0.1) is 0 Å². The van der Waals surface area contributed by atoms with Gasteiger partial charge in [-0.25, -0.2) is 4.79 Å². The number of hydrogen-bond donors (Lipinski definition) is 2. The van der Waals surface area contributed by atoms with Gasteiger partial charge in [0.05, 0.1) is 23.8 Å². The zero-order chi connectivity index (χ0) is 17.7. The fourth-order valence-electron chi connectivity index (χ4n) is 2.23. The summed E-state index contributed by atoms with van der Waals surface area (Å²) in [6, 6.07) is 3.01. The highest BCUT2D eigenvalue weighted by atomic mass is 35.5. The Kier molecular flexibility index (Phi) is 6.53. The summed E-state index contributed by atoms with van der Waals surface area (Å²) >= 11 is 7.55. The summed E-state index contributed by atoms with van der Waals surface area (Å²) in [7, 11) is 1.55. The lowest BCUT2D eigenvalue weighted by Crippen LogP contribution is -2.19. The average molecular weight is 372 g/mol. The number of carboxylic acids is 1. The SMILES string of the molecule is COCCc1cc(NC(=O)C2=C(C)OCCS2)cc(C(=O)O)c1Cl. The van der Waals surface area contributed by atoms with E-state index in [0.29, 0.717) is 47.3 Å². The molecule has 0 unspecified atom stereocenters. The Morgan fingerprint density at radius 1 is 1.46 bits per heavy atom. The van der Waals surface area contributed by atoms with Crippen LogP contribution in [-0.2, 0) is 20.7 Å². The standard InChI is InChI=1S/C16H18ClNO5S/c1-9-14(24-6-5-23-9)15(19)18-11-7-10(3-4-22-2)13(17)12(8-11)16(20)21/h7-8H,3-6H2,1-2H3,(H,18,19)(H,20,21). The number of amides is 1. The lowest BCUT2D eigenvalue weighted by molar-refractivity contribution is -0.112. The number of carbonyl (C=O) groups excluding carboxylic acids is 1. The van der Waals surface area contributed by atoms with Gasteiger partial charge in [-0.15, -0.1) is 11.8 Å². The van der Waals surface area contributed by atoms with E-state index in [-0.39, 0.29) is 16.5 Å². The van der Waals surface area contributed by atoms with E-state index < -0.39 is 5.97 Å². The number of ether oxygens (including phenoxy) is 2. The number of hydrogen-bond acceptors (Lipinski definition) is 5. The molecule has 2 N–H and O–H groups in total. The molecule has 6 nitrogen and oxygen atoms in total. The molecule has 0 saturated carbocycles. The van der Waals surface area contributed by atoms with Gasteiger partial charge in [-0.3, -0.25) is 4.79 Å². The molecule has 1 aromatic rings. The summed E-state index contributed by atoms with van der Waals surface area (Å²) in [4.78, 5) is 24.3. The van der Waals surface area contributed by atoms with Gasteiger partial charge in [-0.05, 0) is 31.0 Å². The second-order valence-corrected chi connectivity index (χ2v) is 6.56. The van der Waals surface area contributed by atoms with Crippen LogP contribution in [0.25, 0.3) is 0 Å². The molecule has 0 bridgehead atoms. The number of anilines is 1. The predicted molar refractivity (Wildman–Crippen MR) is 93.7 cm³/mol. The number of halogens is 1. The third-order valence-corrected chi connectivity index (χ3v) is 4.96. The van der Waals surface area contributed by atoms with E-state index in [1.807, 2.05) is 0 Å². The topological polar surface area (TPSA) is 84.9 Å². The van der Waals surface area contributed by atoms with Gasteiger partial charge >= 0.3 is 5.97 Å². The molecule has 24 heavy (non-hydrogen) atoms. The fourth-order valence-corrected chi connectivity index (χ4v) is 3.32. The number of nitrogens with one attached hydrogen (secondary N) is 1. The van der Waals surface area contributed by atoms with Crippen LogP contribution >= 0.6 is 23.4 Å². The smallest absolute Gasteiger partial charge is 0.337 e. The van der Waals surface area contributed by atoms with Gasteiger partial charge < -0.3 is 19.9 Å². The second-order valence-electron chi connectivity index (χ2n) is 5.08. The van der Waals surface area contributed by atoms with Crippen LogP contribution in [0.3, 0.4) is 0 Å². The molecular formula is C16H18ClNO5S. The lowest BCUT2D eigenvalue weighted by Gasteiger charge is -2.18. The minimum atomic E-state index is -1.15. The number of aromatic carboxylic acids is 1. The van der Waals surface area contributed by atoms with Gasteiger partial charge in [0.1, 0.15) is 10.7 Å². The Hall–Kier alpha value is -1.70. The maximum atomic E-state index is 12.4. The van der Waals surface area contributed by atoms with Crippen molar-refractivity contribution >= 4 is 40.9 Å². The quantitative estimate of drug-likeness (QED) is 0.799. The number of carbonyl (C=O) groups is 2. The van der Waals surface area contributed by atoms with E-state index in [2.05, 4.69) is 5.32 Å². The van der Waals surface area contributed by atoms with Gasteiger partial charge in [0.2, 0.25) is 0 Å². The van der Waals surface area contributed by atoms with Gasteiger partial charge in [0.25, 0.3) is 5.91 Å². The van der Waals surface area contributed by atoms with Crippen molar-refractivity contribution in [1.82, 2.24) is 0 Å². The van der Waals surface area contributed by atoms with E-state index >= 15 is 0 Å². The van der Waals surface area contributed by atoms with Gasteiger partial charge in [-0.2, -0.15) is 0 Å². The highest BCUT2D eigenvalue weighted by Crippen LogP contribution is 2.29. The molecule has 1 amide bonds. The first-order chi connectivity index (χ1) is 11.4. The Labute approximate surface area is 149 Å². The van der Waals surface area contributed by atoms with Gasteiger partial charge in [0.15, 0.2) is 0 Å². The molecule has 1 aromatic carbocycles. The van der Waals surface area contributed by atoms with Crippen molar-refractivity contribution in [3.05, 3.63) is 38.9 Å². The number of benzene rings is 1. The average Bonchev–Trinajstić information content (AvgIpc) is 2.55. The van der Waals surface area contributed by atoms with Crippen molar-refractivity contribution in [3.8, 4) is 0 Å². The van der Waals surface area contributed by atoms with Crippen LogP contribution in [0.2, 0.25) is 5.02 Å². The monoisotopic (exact) mass is 371 g/mol. The molecule has 0 aromatic heterocycles. The minimum absolute atomic E-state index is 0.0566. The molecule has 1 heterocycles. The van der Waals surface area contributed by atoms with Crippen molar-refractivity contribution in [2.24, 2.45) is 0 Å². The van der Waals surface area contributed by atoms with E-state index in [9.17, 15) is 14.7 Å². The lowest BCUT2D eigenvalue weighted by atomic mass is 10.1. The highest BCUT2D eigenvalue weighted by molar-refractivity contribution is 8.04. The Morgan fingerprint density at radius 3 is 2.83 bits per heavy atom. The van der Waals surface area contributed by atoms with E-state index in [4.69, 9.17) is 21.1 Å². The Morgan fingerprint density at radius 2 is 2.21 bits per heavy atom. The largest absolute Gasteiger partial charge is 0.496 e. The molecule has 130 valence electrons. The first kappa shape index (κ1) is 18.6. The summed E-state index contributed by atoms with van der Waals surface area (Å²) in [5, 5.41) is 12.2. The first-order valence-corrected chi connectivity index (χ1v) is 8.63. The van der Waals surface area contributed by atoms with Crippen molar-refractivity contribution in [2.75, 3.05) is 31.4 Å². The van der Waals surface area contributed by atoms with E-state index in [1.165, 1.54) is 17.8 Å². The third kappa shape index (κ3) is 4.43. The zero-order valence-electron chi connectivity index (χ0n) is 13.3. The molecule has 0 fully saturated rings. The van der Waals surface area contributed by atoms with Gasteiger partial charge in [-0.1, -0.05) is 11.6 Å². The van der Waals surface area contributed by atoms with Crippen molar-refractivity contribution < 1.29 is 24.2 Å². The minimum Gasteiger partial charge on any atom is -0.496 e. The maximum absolute atomic E-state index is 12.4. The summed E-state index contributed by atoms with van der Waals surface area (Å²) in [5.41, 5.74) is 0.921.